The van der Waals surface area contributed by atoms with Crippen LogP contribution < -0.4 is 0 Å². The number of rotatable bonds is 6. The summed E-state index contributed by atoms with van der Waals surface area (Å²) >= 11 is 0. The van der Waals surface area contributed by atoms with Crippen LogP contribution in [0.4, 0.5) is 0 Å². The third-order valence-corrected chi connectivity index (χ3v) is 5.87. The molecule has 5 rings (SSSR count). The van der Waals surface area contributed by atoms with Crippen molar-refractivity contribution in [3.8, 4) is 11.1 Å². The first-order valence-corrected chi connectivity index (χ1v) is 9.91. The summed E-state index contributed by atoms with van der Waals surface area (Å²) in [7, 11) is 1.70. The maximum atomic E-state index is 12.8. The van der Waals surface area contributed by atoms with Crippen LogP contribution in [0.15, 0.2) is 54.6 Å². The van der Waals surface area contributed by atoms with Crippen LogP contribution in [0.1, 0.15) is 18.4 Å². The van der Waals surface area contributed by atoms with Crippen LogP contribution in [0, 0.1) is 5.92 Å². The van der Waals surface area contributed by atoms with Gasteiger partial charge in [0.2, 0.25) is 5.91 Å². The summed E-state index contributed by atoms with van der Waals surface area (Å²) in [6.07, 6.45) is 2.14. The summed E-state index contributed by atoms with van der Waals surface area (Å²) in [6, 6.07) is 19.6. The normalized spacial score (nSPS) is 22.9. The lowest BCUT2D eigenvalue weighted by molar-refractivity contribution is -0.140. The number of amides is 1. The van der Waals surface area contributed by atoms with Crippen molar-refractivity contribution in [1.29, 1.82) is 0 Å². The number of ether oxygens (including phenoxy) is 1. The fraction of sp³-hybridized carbons (Fsp3) is 0.435. The van der Waals surface area contributed by atoms with E-state index in [1.807, 2.05) is 6.07 Å². The SMILES string of the molecule is COCCN1C(=O)[C@H]2CC[C@@H]1CN(Cc1ccc(-c3ccccc3)cc1)C2. The number of methoxy groups -OCH3 is 1. The van der Waals surface area contributed by atoms with Gasteiger partial charge in [-0.25, -0.2) is 0 Å². The lowest BCUT2D eigenvalue weighted by Crippen LogP contribution is -2.49. The van der Waals surface area contributed by atoms with Gasteiger partial charge in [0, 0.05) is 39.3 Å². The topological polar surface area (TPSA) is 32.8 Å². The quantitative estimate of drug-likeness (QED) is 0.787. The second kappa shape index (κ2) is 8.24. The lowest BCUT2D eigenvalue weighted by Gasteiger charge is -2.35. The molecule has 4 heteroatoms. The molecule has 0 radical (unpaired) electrons. The number of piperidine rings is 1. The fourth-order valence-electron chi connectivity index (χ4n) is 4.43. The van der Waals surface area contributed by atoms with E-state index in [0.717, 1.165) is 39.0 Å². The van der Waals surface area contributed by atoms with Crippen LogP contribution in [0.3, 0.4) is 0 Å². The molecule has 3 saturated heterocycles. The van der Waals surface area contributed by atoms with Gasteiger partial charge in [0.1, 0.15) is 0 Å². The third kappa shape index (κ3) is 4.07. The van der Waals surface area contributed by atoms with Crippen molar-refractivity contribution >= 4 is 5.91 Å². The Bertz CT molecular complexity index is 760. The molecule has 0 N–H and O–H groups in total. The van der Waals surface area contributed by atoms with Gasteiger partial charge in [-0.1, -0.05) is 54.6 Å². The van der Waals surface area contributed by atoms with Gasteiger partial charge in [-0.15, -0.1) is 0 Å². The Balaban J connectivity index is 1.43. The predicted octanol–water partition coefficient (Wildman–Crippen LogP) is 3.42. The standard InChI is InChI=1S/C23H28N2O2/c1-27-14-13-25-22-12-11-21(23(25)26)16-24(17-22)15-18-7-9-20(10-8-18)19-5-3-2-4-6-19/h2-10,21-22H,11-17H2,1H3/t21-,22+/m0/s1. The third-order valence-electron chi connectivity index (χ3n) is 5.87. The smallest absolute Gasteiger partial charge is 0.227 e. The van der Waals surface area contributed by atoms with Crippen LogP contribution in [0.2, 0.25) is 0 Å². The van der Waals surface area contributed by atoms with Crippen LogP contribution in [-0.4, -0.2) is 55.1 Å². The molecule has 3 fully saturated rings. The van der Waals surface area contributed by atoms with E-state index in [9.17, 15) is 4.79 Å². The van der Waals surface area contributed by atoms with E-state index in [-0.39, 0.29) is 5.92 Å². The Morgan fingerprint density at radius 1 is 0.963 bits per heavy atom. The van der Waals surface area contributed by atoms with E-state index >= 15 is 0 Å². The van der Waals surface area contributed by atoms with Crippen molar-refractivity contribution in [2.75, 3.05) is 33.4 Å². The van der Waals surface area contributed by atoms with E-state index in [4.69, 9.17) is 4.74 Å². The lowest BCUT2D eigenvalue weighted by atomic mass is 9.94. The molecule has 3 aliphatic rings. The van der Waals surface area contributed by atoms with Gasteiger partial charge in [-0.2, -0.15) is 0 Å². The molecule has 1 amide bonds. The van der Waals surface area contributed by atoms with Crippen LogP contribution in [0.25, 0.3) is 11.1 Å². The second-order valence-corrected chi connectivity index (χ2v) is 7.71. The van der Waals surface area contributed by atoms with E-state index in [1.165, 1.54) is 16.7 Å². The summed E-state index contributed by atoms with van der Waals surface area (Å²) in [5, 5.41) is 0. The summed E-state index contributed by atoms with van der Waals surface area (Å²) in [4.78, 5) is 17.3. The average Bonchev–Trinajstić information content (AvgIpc) is 2.98. The zero-order valence-electron chi connectivity index (χ0n) is 16.0. The van der Waals surface area contributed by atoms with Crippen molar-refractivity contribution in [3.63, 3.8) is 0 Å². The summed E-state index contributed by atoms with van der Waals surface area (Å²) in [5.41, 5.74) is 3.80. The number of hydrogen-bond donors (Lipinski definition) is 0. The Morgan fingerprint density at radius 2 is 1.70 bits per heavy atom. The Morgan fingerprint density at radius 3 is 2.44 bits per heavy atom. The average molecular weight is 364 g/mol. The largest absolute Gasteiger partial charge is 0.383 e. The van der Waals surface area contributed by atoms with Crippen LogP contribution in [-0.2, 0) is 16.1 Å². The van der Waals surface area contributed by atoms with Crippen LogP contribution in [0.5, 0.6) is 0 Å². The molecule has 142 valence electrons. The minimum Gasteiger partial charge on any atom is -0.383 e. The zero-order chi connectivity index (χ0) is 18.6. The first kappa shape index (κ1) is 18.2. The van der Waals surface area contributed by atoms with Gasteiger partial charge in [-0.3, -0.25) is 9.69 Å². The molecular formula is C23H28N2O2. The minimum atomic E-state index is 0.143. The number of fused-ring (bicyclic) bond motifs is 4. The molecule has 0 saturated carbocycles. The Kier molecular flexibility index (Phi) is 5.55. The number of benzene rings is 2. The maximum absolute atomic E-state index is 12.8. The molecule has 0 unspecified atom stereocenters. The van der Waals surface area contributed by atoms with Crippen molar-refractivity contribution in [1.82, 2.24) is 9.80 Å². The number of hydrogen-bond acceptors (Lipinski definition) is 3. The molecule has 3 aliphatic heterocycles. The van der Waals surface area contributed by atoms with Crippen molar-refractivity contribution in [2.45, 2.75) is 25.4 Å². The molecule has 4 nitrogen and oxygen atoms in total. The number of carbonyl (C=O) groups excluding carboxylic acids is 1. The van der Waals surface area contributed by atoms with E-state index < -0.39 is 0 Å². The van der Waals surface area contributed by atoms with Gasteiger partial charge in [0.15, 0.2) is 0 Å². The fourth-order valence-corrected chi connectivity index (χ4v) is 4.43. The summed E-state index contributed by atoms with van der Waals surface area (Å²) in [6.45, 7) is 4.09. The summed E-state index contributed by atoms with van der Waals surface area (Å²) in [5.74, 6) is 0.467. The molecule has 2 aromatic carbocycles. The highest BCUT2D eigenvalue weighted by atomic mass is 16.5. The molecule has 2 atom stereocenters. The number of nitrogens with zero attached hydrogens (tertiary/aromatic N) is 2. The van der Waals surface area contributed by atoms with E-state index in [2.05, 4.69) is 58.3 Å². The summed E-state index contributed by atoms with van der Waals surface area (Å²) < 4.78 is 5.20. The highest BCUT2D eigenvalue weighted by molar-refractivity contribution is 5.80. The molecule has 0 spiro atoms. The van der Waals surface area contributed by atoms with Crippen LogP contribution >= 0.6 is 0 Å². The van der Waals surface area contributed by atoms with Gasteiger partial charge >= 0.3 is 0 Å². The van der Waals surface area contributed by atoms with Gasteiger partial charge in [0.05, 0.1) is 12.5 Å². The Hall–Kier alpha value is -2.17. The number of carbonyl (C=O) groups is 1. The molecule has 2 bridgehead atoms. The molecule has 0 aromatic heterocycles. The first-order chi connectivity index (χ1) is 13.2. The monoisotopic (exact) mass is 364 g/mol. The highest BCUT2D eigenvalue weighted by Crippen LogP contribution is 2.30. The van der Waals surface area contributed by atoms with Crippen molar-refractivity contribution in [3.05, 3.63) is 60.2 Å². The van der Waals surface area contributed by atoms with Gasteiger partial charge in [0.25, 0.3) is 0 Å². The predicted molar refractivity (Wildman–Crippen MR) is 107 cm³/mol. The molecule has 2 aromatic rings. The van der Waals surface area contributed by atoms with Crippen molar-refractivity contribution in [2.24, 2.45) is 5.92 Å². The first-order valence-electron chi connectivity index (χ1n) is 9.91. The Labute approximate surface area is 161 Å². The van der Waals surface area contributed by atoms with E-state index in [0.29, 0.717) is 18.6 Å². The zero-order valence-corrected chi connectivity index (χ0v) is 16.0. The molecule has 27 heavy (non-hydrogen) atoms. The second-order valence-electron chi connectivity index (χ2n) is 7.71. The molecule has 3 heterocycles. The molecule has 0 aliphatic carbocycles. The maximum Gasteiger partial charge on any atom is 0.227 e. The van der Waals surface area contributed by atoms with Gasteiger partial charge in [-0.05, 0) is 29.5 Å². The molecular weight excluding hydrogens is 336 g/mol. The van der Waals surface area contributed by atoms with Gasteiger partial charge < -0.3 is 9.64 Å². The highest BCUT2D eigenvalue weighted by Gasteiger charge is 2.40. The minimum absolute atomic E-state index is 0.143. The van der Waals surface area contributed by atoms with E-state index in [1.54, 1.807) is 7.11 Å². The van der Waals surface area contributed by atoms with Crippen molar-refractivity contribution < 1.29 is 9.53 Å².